The molecule has 0 aliphatic carbocycles. The first kappa shape index (κ1) is 25.3. The van der Waals surface area contributed by atoms with Crippen molar-refractivity contribution in [3.8, 4) is 45.3 Å². The lowest BCUT2D eigenvalue weighted by atomic mass is 10.00. The van der Waals surface area contributed by atoms with Gasteiger partial charge in [0, 0.05) is 28.3 Å². The van der Waals surface area contributed by atoms with Crippen LogP contribution in [-0.4, -0.2) is 19.9 Å². The number of aromatic nitrogens is 4. The maximum Gasteiger partial charge on any atom is 0.228 e. The summed E-state index contributed by atoms with van der Waals surface area (Å²) in [5, 5.41) is 6.40. The van der Waals surface area contributed by atoms with E-state index in [4.69, 9.17) is 19.4 Å². The molecule has 3 heterocycles. The Bertz CT molecular complexity index is 2540. The molecular formula is C40H24N4O. The second kappa shape index (κ2) is 10.2. The summed E-state index contributed by atoms with van der Waals surface area (Å²) >= 11 is 0. The third kappa shape index (κ3) is 4.41. The van der Waals surface area contributed by atoms with Crippen LogP contribution >= 0.6 is 0 Å². The Labute approximate surface area is 258 Å². The number of hydrogen-bond acceptors (Lipinski definition) is 5. The standard InChI is InChI=1S/C40H24N4O/c1-3-9-25(10-4-1)29-15-16-31-22-32(18-17-30(31)21-29)38-42-37(26-11-5-2-6-12-26)43-39(44-38)33-19-20-41-40-36(33)34-23-27-13-7-8-14-28(27)24-35(34)45-40/h1-24H. The van der Waals surface area contributed by atoms with E-state index in [1.807, 2.05) is 54.6 Å². The van der Waals surface area contributed by atoms with E-state index in [9.17, 15) is 0 Å². The molecule has 0 atom stereocenters. The van der Waals surface area contributed by atoms with Crippen molar-refractivity contribution in [2.75, 3.05) is 0 Å². The first-order chi connectivity index (χ1) is 22.3. The Kier molecular flexibility index (Phi) is 5.74. The molecule has 9 aromatic rings. The predicted molar refractivity (Wildman–Crippen MR) is 182 cm³/mol. The highest BCUT2D eigenvalue weighted by atomic mass is 16.3. The van der Waals surface area contributed by atoms with Crippen LogP contribution in [0.1, 0.15) is 0 Å². The van der Waals surface area contributed by atoms with Gasteiger partial charge in [0.05, 0.1) is 5.39 Å². The first-order valence-corrected chi connectivity index (χ1v) is 14.9. The number of nitrogens with zero attached hydrogens (tertiary/aromatic N) is 4. The molecule has 210 valence electrons. The molecule has 0 saturated heterocycles. The molecule has 0 N–H and O–H groups in total. The largest absolute Gasteiger partial charge is 0.438 e. The number of benzene rings is 6. The third-order valence-corrected chi connectivity index (χ3v) is 8.35. The summed E-state index contributed by atoms with van der Waals surface area (Å²) in [7, 11) is 0. The number of hydrogen-bond donors (Lipinski definition) is 0. The maximum atomic E-state index is 6.26. The van der Waals surface area contributed by atoms with Crippen LogP contribution in [0.25, 0.3) is 88.9 Å². The van der Waals surface area contributed by atoms with Gasteiger partial charge < -0.3 is 4.42 Å². The Morgan fingerprint density at radius 1 is 0.422 bits per heavy atom. The van der Waals surface area contributed by atoms with Crippen LogP contribution in [0, 0.1) is 0 Å². The number of furan rings is 1. The van der Waals surface area contributed by atoms with Gasteiger partial charge in [-0.3, -0.25) is 0 Å². The fraction of sp³-hybridized carbons (Fsp3) is 0. The Morgan fingerprint density at radius 2 is 1.00 bits per heavy atom. The van der Waals surface area contributed by atoms with Crippen molar-refractivity contribution in [1.29, 1.82) is 0 Å². The predicted octanol–water partition coefficient (Wildman–Crippen LogP) is 10.1. The fourth-order valence-electron chi connectivity index (χ4n) is 6.11. The summed E-state index contributed by atoms with van der Waals surface area (Å²) in [5.41, 5.74) is 6.41. The second-order valence-electron chi connectivity index (χ2n) is 11.2. The molecule has 0 fully saturated rings. The highest BCUT2D eigenvalue weighted by Crippen LogP contribution is 2.37. The molecule has 5 heteroatoms. The molecule has 0 unspecified atom stereocenters. The van der Waals surface area contributed by atoms with Gasteiger partial charge in [-0.2, -0.15) is 0 Å². The Morgan fingerprint density at radius 3 is 1.76 bits per heavy atom. The van der Waals surface area contributed by atoms with Gasteiger partial charge in [-0.1, -0.05) is 109 Å². The quantitative estimate of drug-likeness (QED) is 0.209. The van der Waals surface area contributed by atoms with Gasteiger partial charge in [0.25, 0.3) is 0 Å². The first-order valence-electron chi connectivity index (χ1n) is 14.9. The van der Waals surface area contributed by atoms with E-state index in [0.29, 0.717) is 23.2 Å². The minimum absolute atomic E-state index is 0.556. The van der Waals surface area contributed by atoms with E-state index in [-0.39, 0.29) is 0 Å². The Hall–Kier alpha value is -6.20. The fourth-order valence-corrected chi connectivity index (χ4v) is 6.11. The average molecular weight is 577 g/mol. The monoisotopic (exact) mass is 576 g/mol. The van der Waals surface area contributed by atoms with E-state index in [0.717, 1.165) is 54.6 Å². The molecular weight excluding hydrogens is 552 g/mol. The smallest absolute Gasteiger partial charge is 0.228 e. The number of rotatable bonds is 4. The van der Waals surface area contributed by atoms with Gasteiger partial charge in [0.15, 0.2) is 17.5 Å². The van der Waals surface area contributed by atoms with Crippen molar-refractivity contribution in [2.45, 2.75) is 0 Å². The molecule has 0 amide bonds. The third-order valence-electron chi connectivity index (χ3n) is 8.35. The molecule has 6 aromatic carbocycles. The van der Waals surface area contributed by atoms with Crippen molar-refractivity contribution in [3.05, 3.63) is 146 Å². The molecule has 5 nitrogen and oxygen atoms in total. The molecule has 0 saturated carbocycles. The molecule has 0 bridgehead atoms. The van der Waals surface area contributed by atoms with Gasteiger partial charge in [0.1, 0.15) is 5.58 Å². The summed E-state index contributed by atoms with van der Waals surface area (Å²) in [5.74, 6) is 1.79. The van der Waals surface area contributed by atoms with Crippen molar-refractivity contribution in [1.82, 2.24) is 19.9 Å². The van der Waals surface area contributed by atoms with Crippen molar-refractivity contribution >= 4 is 43.6 Å². The molecule has 3 aromatic heterocycles. The zero-order chi connectivity index (χ0) is 29.7. The van der Waals surface area contributed by atoms with Crippen LogP contribution in [0.15, 0.2) is 150 Å². The van der Waals surface area contributed by atoms with E-state index >= 15 is 0 Å². The summed E-state index contributed by atoms with van der Waals surface area (Å²) in [4.78, 5) is 19.7. The highest BCUT2D eigenvalue weighted by Gasteiger charge is 2.19. The summed E-state index contributed by atoms with van der Waals surface area (Å²) in [6.07, 6.45) is 1.76. The van der Waals surface area contributed by atoms with Crippen molar-refractivity contribution < 1.29 is 4.42 Å². The van der Waals surface area contributed by atoms with E-state index in [1.54, 1.807) is 6.20 Å². The van der Waals surface area contributed by atoms with E-state index in [2.05, 4.69) is 89.9 Å². The summed E-state index contributed by atoms with van der Waals surface area (Å²) in [6, 6.07) is 47.9. The van der Waals surface area contributed by atoms with E-state index < -0.39 is 0 Å². The number of pyridine rings is 1. The normalized spacial score (nSPS) is 11.6. The maximum absolute atomic E-state index is 6.26. The zero-order valence-corrected chi connectivity index (χ0v) is 24.1. The minimum Gasteiger partial charge on any atom is -0.438 e. The SMILES string of the molecule is c1ccc(-c2ccc3cc(-c4nc(-c5ccccc5)nc(-c5ccnc6oc7cc8ccccc8cc7c56)n4)ccc3c2)cc1. The molecule has 9 rings (SSSR count). The van der Waals surface area contributed by atoms with Gasteiger partial charge >= 0.3 is 0 Å². The van der Waals surface area contributed by atoms with Crippen LogP contribution < -0.4 is 0 Å². The zero-order valence-electron chi connectivity index (χ0n) is 24.1. The lowest BCUT2D eigenvalue weighted by molar-refractivity contribution is 0.654. The van der Waals surface area contributed by atoms with Gasteiger partial charge in [-0.15, -0.1) is 0 Å². The average Bonchev–Trinajstić information content (AvgIpc) is 3.48. The molecule has 0 spiro atoms. The summed E-state index contributed by atoms with van der Waals surface area (Å²) < 4.78 is 6.26. The number of fused-ring (bicyclic) bond motifs is 5. The minimum atomic E-state index is 0.556. The second-order valence-corrected chi connectivity index (χ2v) is 11.2. The molecule has 45 heavy (non-hydrogen) atoms. The van der Waals surface area contributed by atoms with Crippen LogP contribution in [0.2, 0.25) is 0 Å². The van der Waals surface area contributed by atoms with Gasteiger partial charge in [0.2, 0.25) is 5.71 Å². The van der Waals surface area contributed by atoms with Crippen molar-refractivity contribution in [2.24, 2.45) is 0 Å². The molecule has 0 aliphatic heterocycles. The van der Waals surface area contributed by atoms with Crippen LogP contribution in [-0.2, 0) is 0 Å². The molecule has 0 aliphatic rings. The lowest BCUT2D eigenvalue weighted by Crippen LogP contribution is -2.00. The van der Waals surface area contributed by atoms with Crippen molar-refractivity contribution in [3.63, 3.8) is 0 Å². The van der Waals surface area contributed by atoms with Crippen LogP contribution in [0.3, 0.4) is 0 Å². The van der Waals surface area contributed by atoms with Crippen LogP contribution in [0.5, 0.6) is 0 Å². The van der Waals surface area contributed by atoms with Gasteiger partial charge in [-0.25, -0.2) is 19.9 Å². The lowest BCUT2D eigenvalue weighted by Gasteiger charge is -2.10. The highest BCUT2D eigenvalue weighted by molar-refractivity contribution is 6.14. The van der Waals surface area contributed by atoms with Crippen LogP contribution in [0.4, 0.5) is 0 Å². The Balaban J connectivity index is 1.24. The van der Waals surface area contributed by atoms with E-state index in [1.165, 1.54) is 11.1 Å². The topological polar surface area (TPSA) is 64.7 Å². The van der Waals surface area contributed by atoms with Gasteiger partial charge in [-0.05, 0) is 63.0 Å². The summed E-state index contributed by atoms with van der Waals surface area (Å²) in [6.45, 7) is 0. The molecule has 0 radical (unpaired) electrons.